The lowest BCUT2D eigenvalue weighted by molar-refractivity contribution is 0.185. The Bertz CT molecular complexity index is 450. The van der Waals surface area contributed by atoms with E-state index in [0.717, 1.165) is 25.0 Å². The van der Waals surface area contributed by atoms with E-state index < -0.39 is 17.7 Å². The highest BCUT2D eigenvalue weighted by Crippen LogP contribution is 2.27. The van der Waals surface area contributed by atoms with Gasteiger partial charge in [0.25, 0.3) is 0 Å². The van der Waals surface area contributed by atoms with Crippen LogP contribution in [0.4, 0.5) is 19.3 Å². The van der Waals surface area contributed by atoms with Crippen molar-refractivity contribution in [1.82, 2.24) is 4.90 Å². The number of urea groups is 1. The van der Waals surface area contributed by atoms with Crippen LogP contribution in [-0.4, -0.2) is 35.2 Å². The molecule has 1 saturated carbocycles. The number of hydrogen-bond acceptors (Lipinski definition) is 2. The molecule has 2 rings (SSSR count). The topological polar surface area (TPSA) is 52.6 Å². The van der Waals surface area contributed by atoms with Crippen LogP contribution in [0, 0.1) is 11.6 Å². The van der Waals surface area contributed by atoms with E-state index in [4.69, 9.17) is 5.11 Å². The van der Waals surface area contributed by atoms with Crippen molar-refractivity contribution < 1.29 is 18.7 Å². The zero-order valence-electron chi connectivity index (χ0n) is 9.70. The van der Waals surface area contributed by atoms with Crippen molar-refractivity contribution in [3.05, 3.63) is 29.8 Å². The SMILES string of the molecule is O=C(Nc1ccc(F)c(F)c1)N(CCO)C1CC1. The lowest BCUT2D eigenvalue weighted by Crippen LogP contribution is -2.38. The number of anilines is 1. The number of benzene rings is 1. The van der Waals surface area contributed by atoms with Crippen LogP contribution in [0.1, 0.15) is 12.8 Å². The number of aliphatic hydroxyl groups is 1. The molecule has 98 valence electrons. The Morgan fingerprint density at radius 2 is 2.11 bits per heavy atom. The van der Waals surface area contributed by atoms with Crippen molar-refractivity contribution in [2.24, 2.45) is 0 Å². The highest BCUT2D eigenvalue weighted by atomic mass is 19.2. The molecule has 1 aliphatic rings. The fourth-order valence-corrected chi connectivity index (χ4v) is 1.71. The van der Waals surface area contributed by atoms with Crippen LogP contribution in [0.2, 0.25) is 0 Å². The van der Waals surface area contributed by atoms with Gasteiger partial charge in [0.1, 0.15) is 0 Å². The molecule has 0 saturated heterocycles. The Labute approximate surface area is 103 Å². The van der Waals surface area contributed by atoms with Gasteiger partial charge in [-0.2, -0.15) is 0 Å². The predicted molar refractivity (Wildman–Crippen MR) is 62.2 cm³/mol. The molecule has 4 nitrogen and oxygen atoms in total. The van der Waals surface area contributed by atoms with Crippen molar-refractivity contribution in [2.45, 2.75) is 18.9 Å². The molecule has 0 bridgehead atoms. The third-order valence-electron chi connectivity index (χ3n) is 2.76. The average Bonchev–Trinajstić information content (AvgIpc) is 3.15. The second-order valence-corrected chi connectivity index (χ2v) is 4.21. The lowest BCUT2D eigenvalue weighted by atomic mass is 10.3. The summed E-state index contributed by atoms with van der Waals surface area (Å²) in [6.07, 6.45) is 1.82. The van der Waals surface area contributed by atoms with E-state index in [-0.39, 0.29) is 24.9 Å². The van der Waals surface area contributed by atoms with Gasteiger partial charge in [-0.05, 0) is 25.0 Å². The van der Waals surface area contributed by atoms with Gasteiger partial charge in [-0.1, -0.05) is 0 Å². The zero-order chi connectivity index (χ0) is 13.1. The van der Waals surface area contributed by atoms with Crippen LogP contribution in [0.15, 0.2) is 18.2 Å². The van der Waals surface area contributed by atoms with E-state index in [1.165, 1.54) is 11.0 Å². The number of carbonyl (C=O) groups is 1. The predicted octanol–water partition coefficient (Wildman–Crippen LogP) is 1.95. The summed E-state index contributed by atoms with van der Waals surface area (Å²) in [6, 6.07) is 2.91. The Morgan fingerprint density at radius 3 is 2.67 bits per heavy atom. The third kappa shape index (κ3) is 2.95. The third-order valence-corrected chi connectivity index (χ3v) is 2.76. The van der Waals surface area contributed by atoms with E-state index in [0.29, 0.717) is 0 Å². The minimum absolute atomic E-state index is 0.123. The summed E-state index contributed by atoms with van der Waals surface area (Å²) in [4.78, 5) is 13.4. The summed E-state index contributed by atoms with van der Waals surface area (Å²) in [5, 5.41) is 11.4. The molecule has 6 heteroatoms. The molecule has 2 N–H and O–H groups in total. The second-order valence-electron chi connectivity index (χ2n) is 4.21. The maximum absolute atomic E-state index is 13.0. The Hall–Kier alpha value is -1.69. The van der Waals surface area contributed by atoms with E-state index in [9.17, 15) is 13.6 Å². The minimum Gasteiger partial charge on any atom is -0.395 e. The molecule has 0 unspecified atom stereocenters. The first-order valence-electron chi connectivity index (χ1n) is 5.75. The normalized spacial score (nSPS) is 14.4. The van der Waals surface area contributed by atoms with Crippen molar-refractivity contribution >= 4 is 11.7 Å². The summed E-state index contributed by atoms with van der Waals surface area (Å²) in [5.74, 6) is -1.96. The van der Waals surface area contributed by atoms with Gasteiger partial charge in [-0.3, -0.25) is 0 Å². The first-order valence-corrected chi connectivity index (χ1v) is 5.75. The van der Waals surface area contributed by atoms with Crippen LogP contribution < -0.4 is 5.32 Å². The van der Waals surface area contributed by atoms with E-state index >= 15 is 0 Å². The lowest BCUT2D eigenvalue weighted by Gasteiger charge is -2.21. The number of hydrogen-bond donors (Lipinski definition) is 2. The molecule has 1 aromatic rings. The summed E-state index contributed by atoms with van der Waals surface area (Å²) in [7, 11) is 0. The van der Waals surface area contributed by atoms with Crippen LogP contribution in [0.25, 0.3) is 0 Å². The molecule has 0 spiro atoms. The fourth-order valence-electron chi connectivity index (χ4n) is 1.71. The molecule has 18 heavy (non-hydrogen) atoms. The zero-order valence-corrected chi connectivity index (χ0v) is 9.70. The highest BCUT2D eigenvalue weighted by molar-refractivity contribution is 5.89. The van der Waals surface area contributed by atoms with Crippen LogP contribution in [-0.2, 0) is 0 Å². The van der Waals surface area contributed by atoms with Crippen LogP contribution >= 0.6 is 0 Å². The molecule has 0 aliphatic heterocycles. The van der Waals surface area contributed by atoms with Gasteiger partial charge in [-0.15, -0.1) is 0 Å². The molecule has 0 heterocycles. The van der Waals surface area contributed by atoms with Crippen molar-refractivity contribution in [1.29, 1.82) is 0 Å². The molecular weight excluding hydrogens is 242 g/mol. The number of amides is 2. The van der Waals surface area contributed by atoms with Gasteiger partial charge in [0.15, 0.2) is 11.6 Å². The first-order chi connectivity index (χ1) is 8.61. The monoisotopic (exact) mass is 256 g/mol. The number of carbonyl (C=O) groups excluding carboxylic acids is 1. The minimum atomic E-state index is -1.01. The average molecular weight is 256 g/mol. The van der Waals surface area contributed by atoms with Crippen LogP contribution in [0.5, 0.6) is 0 Å². The number of nitrogens with zero attached hydrogens (tertiary/aromatic N) is 1. The molecular formula is C12H14F2N2O2. The molecule has 1 aliphatic carbocycles. The van der Waals surface area contributed by atoms with Gasteiger partial charge in [0.05, 0.1) is 6.61 Å². The summed E-state index contributed by atoms with van der Waals surface area (Å²) in [6.45, 7) is 0.113. The molecule has 0 radical (unpaired) electrons. The van der Waals surface area contributed by atoms with Crippen molar-refractivity contribution in [3.63, 3.8) is 0 Å². The van der Waals surface area contributed by atoms with Gasteiger partial charge >= 0.3 is 6.03 Å². The Balaban J connectivity index is 2.02. The number of rotatable bonds is 4. The molecule has 1 fully saturated rings. The summed E-state index contributed by atoms with van der Waals surface area (Å²) in [5.41, 5.74) is 0.197. The van der Waals surface area contributed by atoms with Crippen molar-refractivity contribution in [2.75, 3.05) is 18.5 Å². The van der Waals surface area contributed by atoms with Gasteiger partial charge in [0, 0.05) is 24.3 Å². The standard InChI is InChI=1S/C12H14F2N2O2/c13-10-4-1-8(7-11(10)14)15-12(18)16(5-6-17)9-2-3-9/h1,4,7,9,17H,2-3,5-6H2,(H,15,18). The first kappa shape index (κ1) is 12.8. The van der Waals surface area contributed by atoms with E-state index in [1.807, 2.05) is 0 Å². The van der Waals surface area contributed by atoms with Gasteiger partial charge < -0.3 is 15.3 Å². The smallest absolute Gasteiger partial charge is 0.322 e. The van der Waals surface area contributed by atoms with Gasteiger partial charge in [0.2, 0.25) is 0 Å². The number of nitrogens with one attached hydrogen (secondary N) is 1. The molecule has 0 aromatic heterocycles. The van der Waals surface area contributed by atoms with E-state index in [1.54, 1.807) is 0 Å². The van der Waals surface area contributed by atoms with E-state index in [2.05, 4.69) is 5.32 Å². The Kier molecular flexibility index (Phi) is 3.76. The highest BCUT2D eigenvalue weighted by Gasteiger charge is 2.32. The quantitative estimate of drug-likeness (QED) is 0.865. The maximum atomic E-state index is 13.0. The van der Waals surface area contributed by atoms with Crippen LogP contribution in [0.3, 0.4) is 0 Å². The largest absolute Gasteiger partial charge is 0.395 e. The Morgan fingerprint density at radius 1 is 1.39 bits per heavy atom. The summed E-state index contributed by atoms with van der Waals surface area (Å²) >= 11 is 0. The maximum Gasteiger partial charge on any atom is 0.322 e. The fraction of sp³-hybridized carbons (Fsp3) is 0.417. The molecule has 0 atom stereocenters. The molecule has 1 aromatic carbocycles. The summed E-state index contributed by atoms with van der Waals surface area (Å²) < 4.78 is 25.7. The molecule has 2 amide bonds. The van der Waals surface area contributed by atoms with Crippen molar-refractivity contribution in [3.8, 4) is 0 Å². The van der Waals surface area contributed by atoms with Gasteiger partial charge in [-0.25, -0.2) is 13.6 Å². The number of aliphatic hydroxyl groups excluding tert-OH is 1. The number of halogens is 2. The second kappa shape index (κ2) is 5.30.